The summed E-state index contributed by atoms with van der Waals surface area (Å²) in [6.07, 6.45) is -3.13. The Balaban J connectivity index is 2.80. The molecule has 0 bridgehead atoms. The van der Waals surface area contributed by atoms with Gasteiger partial charge < -0.3 is 0 Å². The summed E-state index contributed by atoms with van der Waals surface area (Å²) in [4.78, 5) is 3.74. The number of rotatable bonds is 0. The van der Waals surface area contributed by atoms with E-state index in [0.29, 0.717) is 0 Å². The molecule has 0 atom stereocenters. The van der Waals surface area contributed by atoms with Crippen molar-refractivity contribution in [1.82, 2.24) is 9.38 Å². The summed E-state index contributed by atoms with van der Waals surface area (Å²) in [6, 6.07) is 3.74. The summed E-state index contributed by atoms with van der Waals surface area (Å²) in [5.41, 5.74) is -0.637. The lowest BCUT2D eigenvalue weighted by molar-refractivity contribution is -0.142. The Bertz CT molecular complexity index is 475. The second-order valence-electron chi connectivity index (χ2n) is 2.70. The number of halogens is 4. The van der Waals surface area contributed by atoms with Crippen LogP contribution in [0.2, 0.25) is 5.15 Å². The van der Waals surface area contributed by atoms with Crippen LogP contribution in [0.15, 0.2) is 24.4 Å². The van der Waals surface area contributed by atoms with Gasteiger partial charge in [-0.05, 0) is 12.1 Å². The molecule has 0 saturated heterocycles. The first-order valence-corrected chi connectivity index (χ1v) is 4.07. The number of hydrogen-bond donors (Lipinski definition) is 0. The summed E-state index contributed by atoms with van der Waals surface area (Å²) >= 11 is 5.46. The van der Waals surface area contributed by atoms with E-state index in [9.17, 15) is 13.2 Å². The lowest BCUT2D eigenvalue weighted by atomic mass is 10.4. The molecular formula is C8H4ClF3N2. The van der Waals surface area contributed by atoms with Crippen LogP contribution in [-0.4, -0.2) is 9.38 Å². The van der Waals surface area contributed by atoms with Crippen molar-refractivity contribution in [3.63, 3.8) is 0 Å². The van der Waals surface area contributed by atoms with Crippen molar-refractivity contribution in [3.8, 4) is 0 Å². The van der Waals surface area contributed by atoms with Crippen LogP contribution in [0.3, 0.4) is 0 Å². The maximum absolute atomic E-state index is 12.5. The average molecular weight is 221 g/mol. The smallest absolute Gasteiger partial charge is 0.297 e. The third kappa shape index (κ3) is 1.43. The van der Waals surface area contributed by atoms with Crippen LogP contribution < -0.4 is 0 Å². The van der Waals surface area contributed by atoms with Gasteiger partial charge in [-0.15, -0.1) is 0 Å². The monoisotopic (exact) mass is 220 g/mol. The summed E-state index contributed by atoms with van der Waals surface area (Å²) in [5.74, 6) is 0. The van der Waals surface area contributed by atoms with Crippen molar-refractivity contribution in [2.75, 3.05) is 0 Å². The van der Waals surface area contributed by atoms with Gasteiger partial charge in [-0.1, -0.05) is 11.6 Å². The van der Waals surface area contributed by atoms with Crippen LogP contribution in [0.5, 0.6) is 0 Å². The van der Waals surface area contributed by atoms with Crippen LogP contribution in [-0.2, 0) is 6.18 Å². The lowest BCUT2D eigenvalue weighted by Gasteiger charge is -2.09. The zero-order valence-corrected chi connectivity index (χ0v) is 7.47. The fourth-order valence-corrected chi connectivity index (χ4v) is 1.40. The summed E-state index contributed by atoms with van der Waals surface area (Å²) < 4.78 is 38.4. The normalized spacial score (nSPS) is 12.3. The molecule has 74 valence electrons. The minimum Gasteiger partial charge on any atom is -0.297 e. The predicted molar refractivity (Wildman–Crippen MR) is 45.2 cm³/mol. The topological polar surface area (TPSA) is 17.3 Å². The van der Waals surface area contributed by atoms with Crippen molar-refractivity contribution in [2.24, 2.45) is 0 Å². The van der Waals surface area contributed by atoms with Crippen LogP contribution in [0.4, 0.5) is 13.2 Å². The highest BCUT2D eigenvalue weighted by Crippen LogP contribution is 2.30. The van der Waals surface area contributed by atoms with E-state index >= 15 is 0 Å². The van der Waals surface area contributed by atoms with E-state index < -0.39 is 11.9 Å². The molecule has 2 nitrogen and oxygen atoms in total. The van der Waals surface area contributed by atoms with Gasteiger partial charge in [0.2, 0.25) is 0 Å². The second kappa shape index (κ2) is 2.88. The summed E-state index contributed by atoms with van der Waals surface area (Å²) in [6.45, 7) is 0. The maximum Gasteiger partial charge on any atom is 0.431 e. The molecule has 0 aliphatic carbocycles. The molecule has 2 aromatic rings. The first kappa shape index (κ1) is 9.33. The lowest BCUT2D eigenvalue weighted by Crippen LogP contribution is -2.11. The Morgan fingerprint density at radius 3 is 2.71 bits per heavy atom. The van der Waals surface area contributed by atoms with Gasteiger partial charge in [-0.3, -0.25) is 4.40 Å². The number of nitrogens with zero attached hydrogens (tertiary/aromatic N) is 2. The first-order valence-electron chi connectivity index (χ1n) is 3.69. The third-order valence-electron chi connectivity index (χ3n) is 1.75. The maximum atomic E-state index is 12.5. The van der Waals surface area contributed by atoms with E-state index in [2.05, 4.69) is 4.98 Å². The Labute approximate surface area is 81.9 Å². The van der Waals surface area contributed by atoms with Gasteiger partial charge in [-0.25, -0.2) is 4.98 Å². The highest BCUT2D eigenvalue weighted by atomic mass is 35.5. The van der Waals surface area contributed by atoms with Crippen LogP contribution in [0, 0.1) is 0 Å². The molecule has 0 unspecified atom stereocenters. The number of aromatic nitrogens is 2. The SMILES string of the molecule is FC(F)(F)c1cc(Cl)nc2cccn12. The second-order valence-corrected chi connectivity index (χ2v) is 3.09. The van der Waals surface area contributed by atoms with Gasteiger partial charge >= 0.3 is 6.18 Å². The van der Waals surface area contributed by atoms with E-state index in [4.69, 9.17) is 11.6 Å². The van der Waals surface area contributed by atoms with E-state index in [1.807, 2.05) is 0 Å². The minimum absolute atomic E-state index is 0.163. The molecule has 6 heteroatoms. The van der Waals surface area contributed by atoms with Crippen molar-refractivity contribution >= 4 is 17.2 Å². The molecular weight excluding hydrogens is 217 g/mol. The highest BCUT2D eigenvalue weighted by molar-refractivity contribution is 6.29. The molecule has 0 amide bonds. The van der Waals surface area contributed by atoms with E-state index in [0.717, 1.165) is 10.5 Å². The number of fused-ring (bicyclic) bond motifs is 1. The zero-order chi connectivity index (χ0) is 10.3. The fourth-order valence-electron chi connectivity index (χ4n) is 1.21. The molecule has 0 radical (unpaired) electrons. The molecule has 14 heavy (non-hydrogen) atoms. The van der Waals surface area contributed by atoms with Gasteiger partial charge in [0.25, 0.3) is 0 Å². The number of hydrogen-bond acceptors (Lipinski definition) is 1. The first-order chi connectivity index (χ1) is 6.48. The molecule has 2 rings (SSSR count). The Morgan fingerprint density at radius 2 is 2.07 bits per heavy atom. The summed E-state index contributed by atoms with van der Waals surface area (Å²) in [7, 11) is 0. The molecule has 0 aromatic carbocycles. The van der Waals surface area contributed by atoms with E-state index in [1.165, 1.54) is 18.3 Å². The van der Waals surface area contributed by atoms with Gasteiger partial charge in [0.15, 0.2) is 0 Å². The highest BCUT2D eigenvalue weighted by Gasteiger charge is 2.33. The third-order valence-corrected chi connectivity index (χ3v) is 1.95. The predicted octanol–water partition coefficient (Wildman–Crippen LogP) is 3.01. The molecule has 0 aliphatic rings. The fraction of sp³-hybridized carbons (Fsp3) is 0.125. The van der Waals surface area contributed by atoms with Crippen molar-refractivity contribution < 1.29 is 13.2 Å². The molecule has 0 aliphatic heterocycles. The molecule has 0 N–H and O–H groups in total. The zero-order valence-electron chi connectivity index (χ0n) is 6.72. The Morgan fingerprint density at radius 1 is 1.36 bits per heavy atom. The van der Waals surface area contributed by atoms with Crippen LogP contribution in [0.25, 0.3) is 5.65 Å². The molecule has 0 spiro atoms. The summed E-state index contributed by atoms with van der Waals surface area (Å²) in [5, 5.41) is -0.163. The largest absolute Gasteiger partial charge is 0.431 e. The van der Waals surface area contributed by atoms with Crippen molar-refractivity contribution in [1.29, 1.82) is 0 Å². The van der Waals surface area contributed by atoms with Crippen LogP contribution in [0.1, 0.15) is 5.69 Å². The Kier molecular flexibility index (Phi) is 1.92. The molecule has 2 aromatic heterocycles. The van der Waals surface area contributed by atoms with Gasteiger partial charge in [0, 0.05) is 12.3 Å². The standard InChI is InChI=1S/C8H4ClF3N2/c9-6-4-5(8(10,11)12)14-3-1-2-7(14)13-6/h1-4H. The van der Waals surface area contributed by atoms with Gasteiger partial charge in [0.1, 0.15) is 16.5 Å². The van der Waals surface area contributed by atoms with E-state index in [-0.39, 0.29) is 10.8 Å². The van der Waals surface area contributed by atoms with Crippen molar-refractivity contribution in [2.45, 2.75) is 6.18 Å². The van der Waals surface area contributed by atoms with E-state index in [1.54, 1.807) is 0 Å². The number of alkyl halides is 3. The molecule has 0 fully saturated rings. The molecule has 2 heterocycles. The van der Waals surface area contributed by atoms with Gasteiger partial charge in [0.05, 0.1) is 0 Å². The Hall–Kier alpha value is -1.23. The average Bonchev–Trinajstić information content (AvgIpc) is 2.47. The quantitative estimate of drug-likeness (QED) is 0.624. The van der Waals surface area contributed by atoms with Gasteiger partial charge in [-0.2, -0.15) is 13.2 Å². The molecule has 0 saturated carbocycles. The minimum atomic E-state index is -4.43. The van der Waals surface area contributed by atoms with Crippen LogP contribution >= 0.6 is 11.6 Å². The van der Waals surface area contributed by atoms with Crippen molar-refractivity contribution in [3.05, 3.63) is 35.2 Å².